The first-order valence-electron chi connectivity index (χ1n) is 3.57. The van der Waals surface area contributed by atoms with Crippen molar-refractivity contribution in [1.82, 2.24) is 4.98 Å². The summed E-state index contributed by atoms with van der Waals surface area (Å²) in [6.45, 7) is 1.80. The van der Waals surface area contributed by atoms with Gasteiger partial charge in [-0.1, -0.05) is 6.92 Å². The summed E-state index contributed by atoms with van der Waals surface area (Å²) in [5.41, 5.74) is 0.316. The Morgan fingerprint density at radius 1 is 1.67 bits per heavy atom. The quantitative estimate of drug-likeness (QED) is 0.690. The molecule has 0 bridgehead atoms. The third-order valence-corrected chi connectivity index (χ3v) is 1.57. The van der Waals surface area contributed by atoms with Gasteiger partial charge in [0.1, 0.15) is 5.56 Å². The molecule has 1 rings (SSSR count). The molecule has 1 aromatic rings. The maximum absolute atomic E-state index is 10.5. The third kappa shape index (κ3) is 1.37. The van der Waals surface area contributed by atoms with Crippen LogP contribution in [0.5, 0.6) is 5.75 Å². The zero-order valence-electron chi connectivity index (χ0n) is 6.61. The van der Waals surface area contributed by atoms with Crippen LogP contribution in [-0.4, -0.2) is 21.2 Å². The summed E-state index contributed by atoms with van der Waals surface area (Å²) in [5, 5.41) is 17.9. The largest absolute Gasteiger partial charge is 0.505 e. The molecule has 0 aliphatic carbocycles. The summed E-state index contributed by atoms with van der Waals surface area (Å²) in [7, 11) is 0. The molecule has 0 aromatic carbocycles. The van der Waals surface area contributed by atoms with Crippen LogP contribution in [0.2, 0.25) is 0 Å². The fourth-order valence-corrected chi connectivity index (χ4v) is 0.929. The molecular formula is C8H9NO3. The van der Waals surface area contributed by atoms with E-state index in [1.807, 2.05) is 0 Å². The predicted octanol–water partition coefficient (Wildman–Crippen LogP) is 1.05. The molecule has 1 aromatic heterocycles. The smallest absolute Gasteiger partial charge is 0.339 e. The van der Waals surface area contributed by atoms with Gasteiger partial charge in [-0.05, 0) is 12.5 Å². The average Bonchev–Trinajstić information content (AvgIpc) is 2.04. The van der Waals surface area contributed by atoms with Crippen molar-refractivity contribution in [2.75, 3.05) is 0 Å². The van der Waals surface area contributed by atoms with E-state index in [1.54, 1.807) is 6.92 Å². The Morgan fingerprint density at radius 2 is 2.33 bits per heavy atom. The van der Waals surface area contributed by atoms with Gasteiger partial charge in [-0.2, -0.15) is 0 Å². The molecule has 2 N–H and O–H groups in total. The van der Waals surface area contributed by atoms with Crippen LogP contribution in [0.1, 0.15) is 23.0 Å². The number of aryl methyl sites for hydroxylation is 1. The molecule has 4 heteroatoms. The lowest BCUT2D eigenvalue weighted by atomic mass is 10.2. The lowest BCUT2D eigenvalue weighted by Gasteiger charge is -2.02. The van der Waals surface area contributed by atoms with Gasteiger partial charge in [0.25, 0.3) is 0 Å². The molecule has 0 saturated carbocycles. The van der Waals surface area contributed by atoms with Gasteiger partial charge >= 0.3 is 5.97 Å². The monoisotopic (exact) mass is 167 g/mol. The number of aromatic nitrogens is 1. The molecular weight excluding hydrogens is 158 g/mol. The fraction of sp³-hybridized carbons (Fsp3) is 0.250. The number of aromatic hydroxyl groups is 1. The molecule has 0 aliphatic rings. The number of carboxylic acid groups (broad SMARTS) is 1. The molecule has 0 atom stereocenters. The highest BCUT2D eigenvalue weighted by molar-refractivity contribution is 5.90. The minimum Gasteiger partial charge on any atom is -0.505 e. The van der Waals surface area contributed by atoms with Crippen molar-refractivity contribution in [3.63, 3.8) is 0 Å². The zero-order chi connectivity index (χ0) is 9.14. The molecule has 12 heavy (non-hydrogen) atoms. The van der Waals surface area contributed by atoms with Gasteiger partial charge in [-0.3, -0.25) is 4.98 Å². The molecule has 0 saturated heterocycles. The standard InChI is InChI=1S/C8H9NO3/c1-2-6-7(10)5(8(11)12)3-4-9-6/h3-4,10H,2H2,1H3,(H,11,12). The second kappa shape index (κ2) is 3.21. The summed E-state index contributed by atoms with van der Waals surface area (Å²) in [6, 6.07) is 1.27. The van der Waals surface area contributed by atoms with E-state index in [0.717, 1.165) is 0 Å². The molecule has 0 aliphatic heterocycles. The van der Waals surface area contributed by atoms with Crippen LogP contribution >= 0.6 is 0 Å². The average molecular weight is 167 g/mol. The van der Waals surface area contributed by atoms with E-state index in [0.29, 0.717) is 12.1 Å². The van der Waals surface area contributed by atoms with Crippen molar-refractivity contribution in [2.24, 2.45) is 0 Å². The van der Waals surface area contributed by atoms with E-state index in [-0.39, 0.29) is 11.3 Å². The van der Waals surface area contributed by atoms with Gasteiger partial charge in [0.05, 0.1) is 5.69 Å². The number of rotatable bonds is 2. The van der Waals surface area contributed by atoms with Gasteiger partial charge in [0.2, 0.25) is 0 Å². The van der Waals surface area contributed by atoms with Crippen molar-refractivity contribution >= 4 is 5.97 Å². The second-order valence-electron chi connectivity index (χ2n) is 2.31. The summed E-state index contributed by atoms with van der Waals surface area (Å²) in [5.74, 6) is -1.36. The van der Waals surface area contributed by atoms with Crippen LogP contribution in [0, 0.1) is 0 Å². The van der Waals surface area contributed by atoms with E-state index in [1.165, 1.54) is 12.3 Å². The first-order valence-corrected chi connectivity index (χ1v) is 3.57. The first kappa shape index (κ1) is 8.52. The number of nitrogens with zero attached hydrogens (tertiary/aromatic N) is 1. The Balaban J connectivity index is 3.23. The topological polar surface area (TPSA) is 70.4 Å². The van der Waals surface area contributed by atoms with Crippen LogP contribution in [0.4, 0.5) is 0 Å². The molecule has 0 unspecified atom stereocenters. The highest BCUT2D eigenvalue weighted by atomic mass is 16.4. The van der Waals surface area contributed by atoms with E-state index in [4.69, 9.17) is 5.11 Å². The van der Waals surface area contributed by atoms with Crippen molar-refractivity contribution in [3.05, 3.63) is 23.5 Å². The molecule has 0 amide bonds. The van der Waals surface area contributed by atoms with Crippen molar-refractivity contribution in [2.45, 2.75) is 13.3 Å². The number of aromatic carboxylic acids is 1. The van der Waals surface area contributed by atoms with Crippen molar-refractivity contribution in [1.29, 1.82) is 0 Å². The summed E-state index contributed by atoms with van der Waals surface area (Å²) >= 11 is 0. The van der Waals surface area contributed by atoms with E-state index in [9.17, 15) is 9.90 Å². The van der Waals surface area contributed by atoms with Gasteiger partial charge < -0.3 is 10.2 Å². The predicted molar refractivity (Wildman–Crippen MR) is 42.2 cm³/mol. The molecule has 1 heterocycles. The maximum Gasteiger partial charge on any atom is 0.339 e. The molecule has 4 nitrogen and oxygen atoms in total. The Labute approximate surface area is 69.5 Å². The Kier molecular flexibility index (Phi) is 2.28. The molecule has 64 valence electrons. The van der Waals surface area contributed by atoms with Crippen LogP contribution in [0.25, 0.3) is 0 Å². The molecule has 0 radical (unpaired) electrons. The van der Waals surface area contributed by atoms with Crippen molar-refractivity contribution in [3.8, 4) is 5.75 Å². The number of carboxylic acids is 1. The number of carbonyl (C=O) groups is 1. The number of hydrogen-bond donors (Lipinski definition) is 2. The van der Waals surface area contributed by atoms with Crippen LogP contribution in [0.15, 0.2) is 12.3 Å². The highest BCUT2D eigenvalue weighted by Gasteiger charge is 2.12. The van der Waals surface area contributed by atoms with Crippen molar-refractivity contribution < 1.29 is 15.0 Å². The summed E-state index contributed by atoms with van der Waals surface area (Å²) in [4.78, 5) is 14.3. The normalized spacial score (nSPS) is 9.75. The van der Waals surface area contributed by atoms with Crippen LogP contribution in [0.3, 0.4) is 0 Å². The molecule has 0 fully saturated rings. The summed E-state index contributed by atoms with van der Waals surface area (Å²) in [6.07, 6.45) is 1.90. The Bertz CT molecular complexity index is 309. The minimum atomic E-state index is -1.13. The van der Waals surface area contributed by atoms with Gasteiger partial charge in [0, 0.05) is 6.20 Å². The highest BCUT2D eigenvalue weighted by Crippen LogP contribution is 2.20. The summed E-state index contributed by atoms with van der Waals surface area (Å²) < 4.78 is 0. The third-order valence-electron chi connectivity index (χ3n) is 1.57. The maximum atomic E-state index is 10.5. The second-order valence-corrected chi connectivity index (χ2v) is 2.31. The Hall–Kier alpha value is -1.58. The zero-order valence-corrected chi connectivity index (χ0v) is 6.61. The number of hydrogen-bond acceptors (Lipinski definition) is 3. The van der Waals surface area contributed by atoms with Gasteiger partial charge in [-0.15, -0.1) is 0 Å². The van der Waals surface area contributed by atoms with Gasteiger partial charge in [-0.25, -0.2) is 4.79 Å². The van der Waals surface area contributed by atoms with E-state index in [2.05, 4.69) is 4.98 Å². The van der Waals surface area contributed by atoms with Crippen LogP contribution in [-0.2, 0) is 6.42 Å². The molecule has 0 spiro atoms. The SMILES string of the molecule is CCc1nccc(C(=O)O)c1O. The van der Waals surface area contributed by atoms with Gasteiger partial charge in [0.15, 0.2) is 5.75 Å². The van der Waals surface area contributed by atoms with E-state index >= 15 is 0 Å². The van der Waals surface area contributed by atoms with E-state index < -0.39 is 5.97 Å². The Morgan fingerprint density at radius 3 is 2.83 bits per heavy atom. The first-order chi connectivity index (χ1) is 5.66. The van der Waals surface area contributed by atoms with Crippen LogP contribution < -0.4 is 0 Å². The lowest BCUT2D eigenvalue weighted by molar-refractivity contribution is 0.0693. The lowest BCUT2D eigenvalue weighted by Crippen LogP contribution is -2.00. The number of pyridine rings is 1. The minimum absolute atomic E-state index is 0.0955. The fourth-order valence-electron chi connectivity index (χ4n) is 0.929.